The van der Waals surface area contributed by atoms with Gasteiger partial charge in [0.1, 0.15) is 22.1 Å². The minimum atomic E-state index is -1.39. The topological polar surface area (TPSA) is 87.0 Å². The van der Waals surface area contributed by atoms with E-state index in [1.807, 2.05) is 0 Å². The SMILES string of the molecule is COc1cc(O)c(Cl)c(O)c1C(=O)O. The zero-order valence-electron chi connectivity index (χ0n) is 7.11. The van der Waals surface area contributed by atoms with E-state index < -0.39 is 28.1 Å². The van der Waals surface area contributed by atoms with E-state index in [9.17, 15) is 9.90 Å². The van der Waals surface area contributed by atoms with Gasteiger partial charge in [-0.25, -0.2) is 4.79 Å². The monoisotopic (exact) mass is 218 g/mol. The van der Waals surface area contributed by atoms with Gasteiger partial charge in [0.2, 0.25) is 0 Å². The highest BCUT2D eigenvalue weighted by molar-refractivity contribution is 6.34. The zero-order valence-corrected chi connectivity index (χ0v) is 7.87. The van der Waals surface area contributed by atoms with E-state index in [-0.39, 0.29) is 5.75 Å². The fourth-order valence-electron chi connectivity index (χ4n) is 0.975. The van der Waals surface area contributed by atoms with Crippen LogP contribution in [0.15, 0.2) is 6.07 Å². The van der Waals surface area contributed by atoms with Crippen molar-refractivity contribution in [2.24, 2.45) is 0 Å². The average Bonchev–Trinajstić information content (AvgIpc) is 2.12. The number of carboxylic acid groups (broad SMARTS) is 1. The Morgan fingerprint density at radius 3 is 2.50 bits per heavy atom. The summed E-state index contributed by atoms with van der Waals surface area (Å²) in [7, 11) is 1.22. The minimum absolute atomic E-state index is 0.156. The Morgan fingerprint density at radius 2 is 2.07 bits per heavy atom. The molecule has 0 aromatic heterocycles. The predicted octanol–water partition coefficient (Wildman–Crippen LogP) is 1.46. The molecule has 0 atom stereocenters. The average molecular weight is 219 g/mol. The summed E-state index contributed by atoms with van der Waals surface area (Å²) < 4.78 is 4.66. The first-order valence-corrected chi connectivity index (χ1v) is 3.88. The van der Waals surface area contributed by atoms with Crippen LogP contribution in [-0.2, 0) is 0 Å². The normalized spacial score (nSPS) is 9.86. The number of rotatable bonds is 2. The highest BCUT2D eigenvalue weighted by Gasteiger charge is 2.21. The van der Waals surface area contributed by atoms with Gasteiger partial charge >= 0.3 is 5.97 Å². The van der Waals surface area contributed by atoms with E-state index in [0.717, 1.165) is 6.07 Å². The molecule has 0 amide bonds. The maximum absolute atomic E-state index is 10.7. The van der Waals surface area contributed by atoms with Gasteiger partial charge < -0.3 is 20.1 Å². The quantitative estimate of drug-likeness (QED) is 0.700. The van der Waals surface area contributed by atoms with Crippen LogP contribution in [0.4, 0.5) is 0 Å². The van der Waals surface area contributed by atoms with Crippen molar-refractivity contribution >= 4 is 17.6 Å². The molecule has 1 aromatic carbocycles. The summed E-state index contributed by atoms with van der Waals surface area (Å²) in [5.74, 6) is -2.69. The van der Waals surface area contributed by atoms with Crippen LogP contribution in [0.3, 0.4) is 0 Å². The van der Waals surface area contributed by atoms with Crippen molar-refractivity contribution in [3.05, 3.63) is 16.7 Å². The van der Waals surface area contributed by atoms with Crippen molar-refractivity contribution in [1.29, 1.82) is 0 Å². The molecule has 1 rings (SSSR count). The largest absolute Gasteiger partial charge is 0.506 e. The van der Waals surface area contributed by atoms with Crippen LogP contribution >= 0.6 is 11.6 Å². The molecule has 0 aliphatic rings. The Morgan fingerprint density at radius 1 is 1.50 bits per heavy atom. The number of phenolic OH excluding ortho intramolecular Hbond substituents is 1. The lowest BCUT2D eigenvalue weighted by Crippen LogP contribution is -2.01. The summed E-state index contributed by atoms with van der Waals surface area (Å²) in [6, 6.07) is 1.02. The molecule has 0 aliphatic carbocycles. The number of hydrogen-bond donors (Lipinski definition) is 3. The lowest BCUT2D eigenvalue weighted by molar-refractivity contribution is 0.0690. The molecule has 1 aromatic rings. The number of methoxy groups -OCH3 is 1. The Balaban J connectivity index is 3.53. The number of aromatic hydroxyl groups is 2. The van der Waals surface area contributed by atoms with Crippen LogP contribution in [0.5, 0.6) is 17.2 Å². The third-order valence-electron chi connectivity index (χ3n) is 1.62. The molecule has 0 bridgehead atoms. The number of halogens is 1. The number of carboxylic acids is 1. The second-order valence-corrected chi connectivity index (χ2v) is 2.82. The van der Waals surface area contributed by atoms with Crippen LogP contribution in [0.25, 0.3) is 0 Å². The molecule has 0 saturated heterocycles. The van der Waals surface area contributed by atoms with Gasteiger partial charge in [-0.05, 0) is 0 Å². The first-order valence-electron chi connectivity index (χ1n) is 3.50. The van der Waals surface area contributed by atoms with Crippen LogP contribution in [-0.4, -0.2) is 28.4 Å². The molecule has 0 saturated carbocycles. The van der Waals surface area contributed by atoms with E-state index in [1.165, 1.54) is 7.11 Å². The highest BCUT2D eigenvalue weighted by atomic mass is 35.5. The van der Waals surface area contributed by atoms with Gasteiger partial charge in [-0.15, -0.1) is 0 Å². The van der Waals surface area contributed by atoms with Crippen molar-refractivity contribution in [3.8, 4) is 17.2 Å². The van der Waals surface area contributed by atoms with Crippen molar-refractivity contribution in [1.82, 2.24) is 0 Å². The summed E-state index contributed by atoms with van der Waals surface area (Å²) in [4.78, 5) is 10.7. The Bertz CT molecular complexity index is 388. The van der Waals surface area contributed by atoms with Gasteiger partial charge in [-0.3, -0.25) is 0 Å². The van der Waals surface area contributed by atoms with Crippen LogP contribution in [0.1, 0.15) is 10.4 Å². The van der Waals surface area contributed by atoms with E-state index in [0.29, 0.717) is 0 Å². The predicted molar refractivity (Wildman–Crippen MR) is 48.3 cm³/mol. The third kappa shape index (κ3) is 1.54. The van der Waals surface area contributed by atoms with E-state index in [2.05, 4.69) is 4.74 Å². The third-order valence-corrected chi connectivity index (χ3v) is 1.99. The molecular formula is C8H7ClO5. The van der Waals surface area contributed by atoms with E-state index in [4.69, 9.17) is 21.8 Å². The lowest BCUT2D eigenvalue weighted by atomic mass is 10.1. The van der Waals surface area contributed by atoms with Crippen molar-refractivity contribution in [2.75, 3.05) is 7.11 Å². The number of hydrogen-bond acceptors (Lipinski definition) is 4. The fraction of sp³-hybridized carbons (Fsp3) is 0.125. The molecule has 0 aliphatic heterocycles. The molecule has 5 nitrogen and oxygen atoms in total. The first-order chi connectivity index (χ1) is 6.49. The second-order valence-electron chi connectivity index (χ2n) is 2.44. The van der Waals surface area contributed by atoms with Crippen LogP contribution in [0, 0.1) is 0 Å². The van der Waals surface area contributed by atoms with Gasteiger partial charge in [0, 0.05) is 6.07 Å². The van der Waals surface area contributed by atoms with Gasteiger partial charge in [0.05, 0.1) is 7.11 Å². The van der Waals surface area contributed by atoms with Gasteiger partial charge in [-0.1, -0.05) is 11.6 Å². The molecule has 6 heteroatoms. The fourth-order valence-corrected chi connectivity index (χ4v) is 1.12. The summed E-state index contributed by atoms with van der Waals surface area (Å²) in [6.07, 6.45) is 0. The van der Waals surface area contributed by atoms with Crippen molar-refractivity contribution in [2.45, 2.75) is 0 Å². The van der Waals surface area contributed by atoms with Crippen LogP contribution in [0.2, 0.25) is 5.02 Å². The molecule has 0 fully saturated rings. The highest BCUT2D eigenvalue weighted by Crippen LogP contribution is 2.41. The Hall–Kier alpha value is -1.62. The number of phenols is 2. The summed E-state index contributed by atoms with van der Waals surface area (Å²) >= 11 is 5.44. The van der Waals surface area contributed by atoms with Crippen LogP contribution < -0.4 is 4.74 Å². The summed E-state index contributed by atoms with van der Waals surface area (Å²) in [6.45, 7) is 0. The minimum Gasteiger partial charge on any atom is -0.506 e. The number of ether oxygens (including phenoxy) is 1. The number of benzene rings is 1. The molecule has 14 heavy (non-hydrogen) atoms. The maximum Gasteiger partial charge on any atom is 0.343 e. The number of aromatic carboxylic acids is 1. The summed E-state index contributed by atoms with van der Waals surface area (Å²) in [5, 5.41) is 26.8. The van der Waals surface area contributed by atoms with Gasteiger partial charge in [0.15, 0.2) is 5.75 Å². The second kappa shape index (κ2) is 3.63. The number of carbonyl (C=O) groups is 1. The van der Waals surface area contributed by atoms with Gasteiger partial charge in [-0.2, -0.15) is 0 Å². The molecule has 0 heterocycles. The Labute approximate surface area is 84.1 Å². The lowest BCUT2D eigenvalue weighted by Gasteiger charge is -2.09. The molecule has 76 valence electrons. The molecule has 0 radical (unpaired) electrons. The Kier molecular flexibility index (Phi) is 2.71. The van der Waals surface area contributed by atoms with E-state index >= 15 is 0 Å². The van der Waals surface area contributed by atoms with Crippen molar-refractivity contribution in [3.63, 3.8) is 0 Å². The molecule has 0 unspecified atom stereocenters. The summed E-state index contributed by atoms with van der Waals surface area (Å²) in [5.41, 5.74) is -0.477. The molecule has 3 N–H and O–H groups in total. The smallest absolute Gasteiger partial charge is 0.343 e. The first kappa shape index (κ1) is 10.5. The standard InChI is InChI=1S/C8H7ClO5/c1-14-4-2-3(10)6(9)7(11)5(4)8(12)13/h2,10-11H,1H3,(H,12,13). The zero-order chi connectivity index (χ0) is 10.9. The maximum atomic E-state index is 10.7. The molecular weight excluding hydrogens is 212 g/mol. The van der Waals surface area contributed by atoms with Gasteiger partial charge in [0.25, 0.3) is 0 Å². The van der Waals surface area contributed by atoms with Crippen molar-refractivity contribution < 1.29 is 24.9 Å². The van der Waals surface area contributed by atoms with E-state index in [1.54, 1.807) is 0 Å². The molecule has 0 spiro atoms.